The Morgan fingerprint density at radius 2 is 2.36 bits per heavy atom. The fourth-order valence-electron chi connectivity index (χ4n) is 1.02. The first-order valence-electron chi connectivity index (χ1n) is 4.08. The van der Waals surface area contributed by atoms with Gasteiger partial charge in [-0.1, -0.05) is 0 Å². The third-order valence-electron chi connectivity index (χ3n) is 1.66. The molecular formula is C9H8BrN3O. The highest BCUT2D eigenvalue weighted by atomic mass is 79.9. The summed E-state index contributed by atoms with van der Waals surface area (Å²) in [6.07, 6.45) is 3.14. The number of rotatable bonds is 3. The fraction of sp³-hybridized carbons (Fsp3) is 0.111. The van der Waals surface area contributed by atoms with E-state index in [4.69, 9.17) is 4.42 Å². The van der Waals surface area contributed by atoms with Gasteiger partial charge in [-0.15, -0.1) is 0 Å². The molecule has 1 N–H and O–H groups in total. The number of nitrogens with zero attached hydrogens (tertiary/aromatic N) is 2. The first-order chi connectivity index (χ1) is 6.84. The molecule has 2 rings (SSSR count). The third kappa shape index (κ3) is 2.32. The molecule has 0 spiro atoms. The lowest BCUT2D eigenvalue weighted by molar-refractivity contribution is 0.518. The van der Waals surface area contributed by atoms with Crippen LogP contribution in [0.1, 0.15) is 5.76 Å². The predicted octanol–water partition coefficient (Wildman–Crippen LogP) is 2.44. The van der Waals surface area contributed by atoms with Gasteiger partial charge in [-0.3, -0.25) is 0 Å². The number of hydrogen-bond donors (Lipinski definition) is 1. The van der Waals surface area contributed by atoms with E-state index in [9.17, 15) is 0 Å². The SMILES string of the molecule is Brc1cc(NCc2ccco2)ncn1. The van der Waals surface area contributed by atoms with E-state index in [2.05, 4.69) is 31.2 Å². The van der Waals surface area contributed by atoms with E-state index in [0.717, 1.165) is 16.2 Å². The van der Waals surface area contributed by atoms with Gasteiger partial charge in [0.15, 0.2) is 0 Å². The zero-order valence-electron chi connectivity index (χ0n) is 7.27. The van der Waals surface area contributed by atoms with Crippen LogP contribution in [0.4, 0.5) is 5.82 Å². The second kappa shape index (κ2) is 4.23. The maximum absolute atomic E-state index is 5.17. The molecule has 72 valence electrons. The van der Waals surface area contributed by atoms with Crippen molar-refractivity contribution in [1.29, 1.82) is 0 Å². The van der Waals surface area contributed by atoms with Crippen LogP contribution in [0.2, 0.25) is 0 Å². The molecule has 0 aromatic carbocycles. The lowest BCUT2D eigenvalue weighted by atomic mass is 10.4. The number of hydrogen-bond acceptors (Lipinski definition) is 4. The van der Waals surface area contributed by atoms with Gasteiger partial charge in [-0.2, -0.15) is 0 Å². The molecule has 0 radical (unpaired) electrons. The summed E-state index contributed by atoms with van der Waals surface area (Å²) in [4.78, 5) is 7.97. The summed E-state index contributed by atoms with van der Waals surface area (Å²) >= 11 is 3.27. The lowest BCUT2D eigenvalue weighted by Crippen LogP contribution is -2.00. The van der Waals surface area contributed by atoms with Crippen molar-refractivity contribution >= 4 is 21.7 Å². The van der Waals surface area contributed by atoms with Crippen LogP contribution < -0.4 is 5.32 Å². The molecule has 0 aliphatic carbocycles. The van der Waals surface area contributed by atoms with Gasteiger partial charge in [0.05, 0.1) is 12.8 Å². The molecule has 14 heavy (non-hydrogen) atoms. The zero-order valence-corrected chi connectivity index (χ0v) is 8.86. The Morgan fingerprint density at radius 1 is 1.43 bits per heavy atom. The van der Waals surface area contributed by atoms with E-state index < -0.39 is 0 Å². The van der Waals surface area contributed by atoms with Crippen molar-refractivity contribution in [2.45, 2.75) is 6.54 Å². The third-order valence-corrected chi connectivity index (χ3v) is 2.09. The van der Waals surface area contributed by atoms with Crippen molar-refractivity contribution in [3.63, 3.8) is 0 Å². The minimum atomic E-state index is 0.621. The predicted molar refractivity (Wildman–Crippen MR) is 55.8 cm³/mol. The summed E-state index contributed by atoms with van der Waals surface area (Å²) in [6.45, 7) is 0.621. The number of furan rings is 1. The Kier molecular flexibility index (Phi) is 2.78. The van der Waals surface area contributed by atoms with Crippen molar-refractivity contribution in [3.05, 3.63) is 41.2 Å². The van der Waals surface area contributed by atoms with Crippen molar-refractivity contribution in [1.82, 2.24) is 9.97 Å². The molecule has 0 amide bonds. The molecule has 5 heteroatoms. The van der Waals surface area contributed by atoms with Crippen LogP contribution in [0.5, 0.6) is 0 Å². The number of anilines is 1. The molecule has 0 bridgehead atoms. The highest BCUT2D eigenvalue weighted by Crippen LogP contribution is 2.10. The van der Waals surface area contributed by atoms with Crippen LogP contribution in [0, 0.1) is 0 Å². The van der Waals surface area contributed by atoms with Crippen LogP contribution in [-0.4, -0.2) is 9.97 Å². The minimum absolute atomic E-state index is 0.621. The number of aromatic nitrogens is 2. The van der Waals surface area contributed by atoms with Crippen LogP contribution in [0.3, 0.4) is 0 Å². The van der Waals surface area contributed by atoms with Gasteiger partial charge in [0.2, 0.25) is 0 Å². The molecule has 0 unspecified atom stereocenters. The first-order valence-corrected chi connectivity index (χ1v) is 4.88. The monoisotopic (exact) mass is 253 g/mol. The van der Waals surface area contributed by atoms with E-state index in [1.165, 1.54) is 6.33 Å². The van der Waals surface area contributed by atoms with E-state index in [1.807, 2.05) is 18.2 Å². The summed E-state index contributed by atoms with van der Waals surface area (Å²) in [6, 6.07) is 5.57. The summed E-state index contributed by atoms with van der Waals surface area (Å²) in [5, 5.41) is 3.11. The first kappa shape index (κ1) is 9.21. The van der Waals surface area contributed by atoms with Crippen LogP contribution >= 0.6 is 15.9 Å². The average molecular weight is 254 g/mol. The topological polar surface area (TPSA) is 51.0 Å². The van der Waals surface area contributed by atoms with Crippen molar-refractivity contribution in [2.75, 3.05) is 5.32 Å². The second-order valence-electron chi connectivity index (χ2n) is 2.66. The van der Waals surface area contributed by atoms with Crippen LogP contribution in [-0.2, 0) is 6.54 Å². The quantitative estimate of drug-likeness (QED) is 0.854. The van der Waals surface area contributed by atoms with E-state index in [-0.39, 0.29) is 0 Å². The van der Waals surface area contributed by atoms with Gasteiger partial charge in [-0.25, -0.2) is 9.97 Å². The molecule has 2 aromatic heterocycles. The minimum Gasteiger partial charge on any atom is -0.467 e. The van der Waals surface area contributed by atoms with Crippen molar-refractivity contribution < 1.29 is 4.42 Å². The Bertz CT molecular complexity index is 402. The molecule has 0 aliphatic rings. The summed E-state index contributed by atoms with van der Waals surface area (Å²) < 4.78 is 5.93. The largest absolute Gasteiger partial charge is 0.467 e. The Morgan fingerprint density at radius 3 is 3.07 bits per heavy atom. The maximum Gasteiger partial charge on any atom is 0.130 e. The van der Waals surface area contributed by atoms with Gasteiger partial charge in [0, 0.05) is 6.07 Å². The molecule has 4 nitrogen and oxygen atoms in total. The smallest absolute Gasteiger partial charge is 0.130 e. The van der Waals surface area contributed by atoms with Gasteiger partial charge >= 0.3 is 0 Å². The summed E-state index contributed by atoms with van der Waals surface area (Å²) in [5.41, 5.74) is 0. The molecular weight excluding hydrogens is 246 g/mol. The molecule has 0 aliphatic heterocycles. The molecule has 2 heterocycles. The van der Waals surface area contributed by atoms with Gasteiger partial charge in [-0.05, 0) is 28.1 Å². The van der Waals surface area contributed by atoms with E-state index >= 15 is 0 Å². The van der Waals surface area contributed by atoms with Gasteiger partial charge in [0.25, 0.3) is 0 Å². The zero-order chi connectivity index (χ0) is 9.80. The van der Waals surface area contributed by atoms with Crippen molar-refractivity contribution in [2.24, 2.45) is 0 Å². The molecule has 0 fully saturated rings. The van der Waals surface area contributed by atoms with E-state index in [1.54, 1.807) is 6.26 Å². The Hall–Kier alpha value is -1.36. The van der Waals surface area contributed by atoms with Gasteiger partial charge in [0.1, 0.15) is 22.5 Å². The van der Waals surface area contributed by atoms with Crippen LogP contribution in [0.15, 0.2) is 39.8 Å². The van der Waals surface area contributed by atoms with Crippen LogP contribution in [0.25, 0.3) is 0 Å². The van der Waals surface area contributed by atoms with Gasteiger partial charge < -0.3 is 9.73 Å². The average Bonchev–Trinajstić information content (AvgIpc) is 2.67. The summed E-state index contributed by atoms with van der Waals surface area (Å²) in [5.74, 6) is 1.64. The molecule has 0 saturated heterocycles. The number of nitrogens with one attached hydrogen (secondary N) is 1. The number of halogens is 1. The Labute approximate surface area is 89.5 Å². The fourth-order valence-corrected chi connectivity index (χ4v) is 1.33. The highest BCUT2D eigenvalue weighted by Gasteiger charge is 1.97. The van der Waals surface area contributed by atoms with E-state index in [0.29, 0.717) is 6.54 Å². The van der Waals surface area contributed by atoms with Crippen molar-refractivity contribution in [3.8, 4) is 0 Å². The lowest BCUT2D eigenvalue weighted by Gasteiger charge is -2.02. The molecule has 0 saturated carbocycles. The summed E-state index contributed by atoms with van der Waals surface area (Å²) in [7, 11) is 0. The molecule has 0 atom stereocenters. The Balaban J connectivity index is 1.98. The maximum atomic E-state index is 5.17. The molecule has 2 aromatic rings. The highest BCUT2D eigenvalue weighted by molar-refractivity contribution is 9.10. The standard InChI is InChI=1S/C9H8BrN3O/c10-8-4-9(13-6-12-8)11-5-7-2-1-3-14-7/h1-4,6H,5H2,(H,11,12,13). The second-order valence-corrected chi connectivity index (χ2v) is 3.47. The normalized spacial score (nSPS) is 10.1.